The molecule has 1 atom stereocenters. The summed E-state index contributed by atoms with van der Waals surface area (Å²) in [7, 11) is -4.65. The van der Waals surface area contributed by atoms with Crippen molar-refractivity contribution in [3.63, 3.8) is 0 Å². The molecule has 1 aliphatic heterocycles. The van der Waals surface area contributed by atoms with Crippen molar-refractivity contribution in [3.05, 3.63) is 84.4 Å². The number of benzene rings is 3. The van der Waals surface area contributed by atoms with Crippen molar-refractivity contribution in [2.45, 2.75) is 99.4 Å². The molecule has 0 radical (unpaired) electrons. The maximum Gasteiger partial charge on any atom is 1.00 e. The minimum Gasteiger partial charge on any atom is -0.744 e. The summed E-state index contributed by atoms with van der Waals surface area (Å²) in [4.78, 5) is 18.9. The van der Waals surface area contributed by atoms with Gasteiger partial charge >= 0.3 is 57.4 Å². The Labute approximate surface area is 341 Å². The standard InChI is InChI=1S/C36H44N6O5S2.K/c1-2-3-4-5-6-7-8-9-10-11-12-16-27-47-31-23-19-28(20-24-31)33-34(48-36-38-39-40-42(36)30-17-14-13-15-18-30)41(35(43)37-33)29-21-25-32(26-22-29)49(44,45)46;/h13-15,17-26,34H,2-12,16,27H2,1H3,(H,44,45,46);/q;+1/p-1. The minimum absolute atomic E-state index is 0. The molecular weight excluding hydrogens is 700 g/mol. The maximum atomic E-state index is 13.4. The first-order valence-corrected chi connectivity index (χ1v) is 19.4. The van der Waals surface area contributed by atoms with Gasteiger partial charge in [-0.25, -0.2) is 13.2 Å². The summed E-state index contributed by atoms with van der Waals surface area (Å²) < 4.78 is 42.2. The predicted molar refractivity (Wildman–Crippen MR) is 191 cm³/mol. The second-order valence-electron chi connectivity index (χ2n) is 12.0. The summed E-state index contributed by atoms with van der Waals surface area (Å²) in [5, 5.41) is 11.9. The number of ether oxygens (including phenoxy) is 1. The van der Waals surface area contributed by atoms with Gasteiger partial charge in [0.2, 0.25) is 5.16 Å². The van der Waals surface area contributed by atoms with Gasteiger partial charge in [-0.05, 0) is 83.1 Å². The van der Waals surface area contributed by atoms with E-state index in [0.717, 1.165) is 24.3 Å². The number of hydrogen-bond donors (Lipinski definition) is 0. The van der Waals surface area contributed by atoms with Crippen molar-refractivity contribution in [2.24, 2.45) is 4.99 Å². The fourth-order valence-corrected chi connectivity index (χ4v) is 7.32. The third kappa shape index (κ3) is 11.5. The van der Waals surface area contributed by atoms with Gasteiger partial charge in [0.05, 0.1) is 22.9 Å². The number of urea groups is 1. The van der Waals surface area contributed by atoms with Gasteiger partial charge in [0, 0.05) is 5.69 Å². The first-order valence-electron chi connectivity index (χ1n) is 17.1. The molecule has 0 spiro atoms. The fraction of sp³-hybridized carbons (Fsp3) is 0.417. The van der Waals surface area contributed by atoms with Crippen LogP contribution in [0.5, 0.6) is 5.75 Å². The Bertz CT molecular complexity index is 1770. The molecule has 0 aliphatic carbocycles. The Kier molecular flexibility index (Phi) is 16.6. The largest absolute Gasteiger partial charge is 1.00 e. The Hall–Kier alpha value is -2.43. The van der Waals surface area contributed by atoms with Gasteiger partial charge in [-0.3, -0.25) is 4.90 Å². The molecule has 0 saturated carbocycles. The van der Waals surface area contributed by atoms with Crippen LogP contribution in [-0.4, -0.2) is 56.9 Å². The predicted octanol–water partition coefficient (Wildman–Crippen LogP) is 5.20. The van der Waals surface area contributed by atoms with Crippen molar-refractivity contribution in [1.82, 2.24) is 20.2 Å². The third-order valence-corrected chi connectivity index (χ3v) is 10.3. The zero-order chi connectivity index (χ0) is 34.5. The van der Waals surface area contributed by atoms with Crippen LogP contribution in [0.25, 0.3) is 5.69 Å². The Morgan fingerprint density at radius 2 is 1.38 bits per heavy atom. The summed E-state index contributed by atoms with van der Waals surface area (Å²) in [5.74, 6) is 0.736. The molecule has 0 fully saturated rings. The summed E-state index contributed by atoms with van der Waals surface area (Å²) in [6.07, 6.45) is 15.4. The molecule has 1 unspecified atom stereocenters. The number of hydrogen-bond acceptors (Lipinski definition) is 9. The van der Waals surface area contributed by atoms with Gasteiger partial charge in [0.1, 0.15) is 21.2 Å². The molecule has 2 heterocycles. The minimum atomic E-state index is -4.65. The Morgan fingerprint density at radius 3 is 1.98 bits per heavy atom. The molecule has 2 amide bonds. The average Bonchev–Trinajstić information content (AvgIpc) is 3.71. The number of aromatic nitrogens is 4. The second-order valence-corrected chi connectivity index (χ2v) is 14.5. The number of carbonyl (C=O) groups excluding carboxylic acids is 1. The van der Waals surface area contributed by atoms with E-state index in [1.54, 1.807) is 4.68 Å². The van der Waals surface area contributed by atoms with E-state index >= 15 is 0 Å². The quantitative estimate of drug-likeness (QED) is 0.0679. The van der Waals surface area contributed by atoms with E-state index < -0.39 is 21.5 Å². The molecule has 1 aliphatic rings. The molecule has 4 aromatic rings. The molecule has 1 aromatic heterocycles. The van der Waals surface area contributed by atoms with E-state index in [0.29, 0.717) is 28.7 Å². The number of unbranched alkanes of at least 4 members (excludes halogenated alkanes) is 11. The number of thioether (sulfide) groups is 1. The molecule has 3 aromatic carbocycles. The van der Waals surface area contributed by atoms with E-state index in [2.05, 4.69) is 27.4 Å². The molecule has 260 valence electrons. The van der Waals surface area contributed by atoms with Gasteiger partial charge < -0.3 is 9.29 Å². The van der Waals surface area contributed by atoms with Crippen molar-refractivity contribution < 1.29 is 73.9 Å². The number of para-hydroxylation sites is 1. The van der Waals surface area contributed by atoms with Crippen LogP contribution in [-0.2, 0) is 10.1 Å². The zero-order valence-corrected chi connectivity index (χ0v) is 33.6. The van der Waals surface area contributed by atoms with Gasteiger partial charge in [-0.2, -0.15) is 9.67 Å². The molecule has 0 saturated heterocycles. The molecule has 50 heavy (non-hydrogen) atoms. The van der Waals surface area contributed by atoms with Gasteiger partial charge in [-0.15, -0.1) is 5.10 Å². The molecule has 14 heteroatoms. The average molecular weight is 743 g/mol. The third-order valence-electron chi connectivity index (χ3n) is 8.37. The van der Waals surface area contributed by atoms with Gasteiger partial charge in [0.25, 0.3) is 0 Å². The zero-order valence-electron chi connectivity index (χ0n) is 28.8. The number of aliphatic imine (C=N–C) groups is 1. The van der Waals surface area contributed by atoms with Crippen LogP contribution in [0, 0.1) is 0 Å². The topological polar surface area (TPSA) is 143 Å². The SMILES string of the molecule is CCCCCCCCCCCCCCOc1ccc(C2=NC(=O)N(c3ccc(S(=O)(=O)[O-])cc3)C2Sc2nnnn2-c2ccccc2)cc1.[K+]. The number of rotatable bonds is 20. The van der Waals surface area contributed by atoms with Crippen LogP contribution in [0.3, 0.4) is 0 Å². The van der Waals surface area contributed by atoms with E-state index in [9.17, 15) is 17.8 Å². The number of amides is 2. The molecule has 0 N–H and O–H groups in total. The Balaban J connectivity index is 0.00000562. The van der Waals surface area contributed by atoms with Crippen LogP contribution in [0.15, 0.2) is 93.9 Å². The van der Waals surface area contributed by atoms with Gasteiger partial charge in [0.15, 0.2) is 0 Å². The van der Waals surface area contributed by atoms with Crippen LogP contribution >= 0.6 is 11.8 Å². The van der Waals surface area contributed by atoms with Crippen LogP contribution < -0.4 is 61.0 Å². The first-order chi connectivity index (χ1) is 23.8. The summed E-state index contributed by atoms with van der Waals surface area (Å²) in [6, 6.07) is 21.5. The number of anilines is 1. The normalized spacial score (nSPS) is 14.4. The van der Waals surface area contributed by atoms with Crippen molar-refractivity contribution in [1.29, 1.82) is 0 Å². The van der Waals surface area contributed by atoms with E-state index in [1.807, 2.05) is 54.6 Å². The first kappa shape index (κ1) is 40.3. The Morgan fingerprint density at radius 1 is 0.780 bits per heavy atom. The van der Waals surface area contributed by atoms with E-state index in [-0.39, 0.29) is 56.3 Å². The second kappa shape index (κ2) is 20.6. The molecule has 11 nitrogen and oxygen atoms in total. The fourth-order valence-electron chi connectivity index (χ4n) is 5.71. The monoisotopic (exact) mass is 742 g/mol. The van der Waals surface area contributed by atoms with Crippen molar-refractivity contribution in [2.75, 3.05) is 11.5 Å². The maximum absolute atomic E-state index is 13.4. The van der Waals surface area contributed by atoms with E-state index in [4.69, 9.17) is 4.74 Å². The van der Waals surface area contributed by atoms with E-state index in [1.165, 1.54) is 105 Å². The summed E-state index contributed by atoms with van der Waals surface area (Å²) in [5.41, 5.74) is 2.30. The van der Waals surface area contributed by atoms with Crippen LogP contribution in [0.1, 0.15) is 89.5 Å². The van der Waals surface area contributed by atoms with Crippen molar-refractivity contribution in [3.8, 4) is 11.4 Å². The molecular formula is C36H43KN6O5S2. The number of tetrazole rings is 1. The number of nitrogens with zero attached hydrogens (tertiary/aromatic N) is 6. The summed E-state index contributed by atoms with van der Waals surface area (Å²) in [6.45, 7) is 2.89. The number of carbonyl (C=O) groups is 1. The smallest absolute Gasteiger partial charge is 0.744 e. The van der Waals surface area contributed by atoms with Crippen LogP contribution in [0.2, 0.25) is 0 Å². The van der Waals surface area contributed by atoms with Crippen LogP contribution in [0.4, 0.5) is 10.5 Å². The molecule has 5 rings (SSSR count). The van der Waals surface area contributed by atoms with Gasteiger partial charge in [-0.1, -0.05) is 108 Å². The van der Waals surface area contributed by atoms with Crippen molar-refractivity contribution >= 4 is 39.3 Å². The molecule has 0 bridgehead atoms. The summed E-state index contributed by atoms with van der Waals surface area (Å²) >= 11 is 1.22.